The van der Waals surface area contributed by atoms with Gasteiger partial charge >= 0.3 is 0 Å². The molecule has 4 bridgehead atoms. The number of hydrogen-bond acceptors (Lipinski definition) is 3. The minimum Gasteiger partial charge on any atom is -0.507 e. The Morgan fingerprint density at radius 1 is 0.838 bits per heavy atom. The van der Waals surface area contributed by atoms with Crippen molar-refractivity contribution in [3.63, 3.8) is 0 Å². The minimum absolute atomic E-state index is 0.225. The third-order valence-corrected chi connectivity index (χ3v) is 13.3. The smallest absolute Gasteiger partial charge is 0.122 e. The van der Waals surface area contributed by atoms with E-state index >= 15 is 0 Å². The van der Waals surface area contributed by atoms with Crippen LogP contribution in [0.1, 0.15) is 109 Å². The Morgan fingerprint density at radius 2 is 1.38 bits per heavy atom. The maximum Gasteiger partial charge on any atom is 0.122 e. The fourth-order valence-corrected chi connectivity index (χ4v) is 9.92. The zero-order valence-corrected chi connectivity index (χ0v) is 23.5. The summed E-state index contributed by atoms with van der Waals surface area (Å²) >= 11 is 0. The van der Waals surface area contributed by atoms with Crippen molar-refractivity contribution in [3.05, 3.63) is 53.1 Å². The zero-order chi connectivity index (χ0) is 26.0. The average molecular weight is 498 g/mol. The Bertz CT molecular complexity index is 1340. The molecule has 37 heavy (non-hydrogen) atoms. The topological polar surface area (TPSA) is 50.9 Å². The fourth-order valence-electron chi connectivity index (χ4n) is 9.92. The molecule has 2 aromatic carbocycles. The first kappa shape index (κ1) is 23.7. The molecule has 0 aliphatic heterocycles. The number of nitrogens with zero attached hydrogens (tertiary/aromatic N) is 3. The molecular weight excluding hydrogens is 454 g/mol. The largest absolute Gasteiger partial charge is 0.507 e. The number of aromatic nitrogens is 3. The van der Waals surface area contributed by atoms with E-state index in [9.17, 15) is 5.11 Å². The predicted molar refractivity (Wildman–Crippen MR) is 149 cm³/mol. The molecular formula is C33H43N3O. The quantitative estimate of drug-likeness (QED) is 0.397. The summed E-state index contributed by atoms with van der Waals surface area (Å²) in [5.41, 5.74) is 6.74. The summed E-state index contributed by atoms with van der Waals surface area (Å²) in [6.45, 7) is 15.6. The zero-order valence-electron chi connectivity index (χ0n) is 23.5. The number of fused-ring (bicyclic) bond motifs is 5. The lowest BCUT2D eigenvalue weighted by Crippen LogP contribution is -2.32. The Labute approximate surface area is 221 Å². The van der Waals surface area contributed by atoms with Crippen LogP contribution in [0.15, 0.2) is 36.4 Å². The van der Waals surface area contributed by atoms with Gasteiger partial charge < -0.3 is 5.11 Å². The number of phenols is 1. The normalized spacial score (nSPS) is 37.1. The van der Waals surface area contributed by atoms with Gasteiger partial charge in [0.25, 0.3) is 0 Å². The second kappa shape index (κ2) is 7.39. The van der Waals surface area contributed by atoms with Crippen LogP contribution in [0.4, 0.5) is 0 Å². The molecule has 1 aromatic heterocycles. The minimum atomic E-state index is 0.225. The van der Waals surface area contributed by atoms with Crippen LogP contribution < -0.4 is 0 Å². The Balaban J connectivity index is 1.37. The highest BCUT2D eigenvalue weighted by Crippen LogP contribution is 2.74. The predicted octanol–water partition coefficient (Wildman–Crippen LogP) is 8.04. The third kappa shape index (κ3) is 2.91. The van der Waals surface area contributed by atoms with Crippen LogP contribution >= 0.6 is 0 Å². The molecule has 4 saturated carbocycles. The number of aromatic hydroxyl groups is 1. The highest BCUT2D eigenvalue weighted by molar-refractivity contribution is 5.74. The number of rotatable bonds is 4. The van der Waals surface area contributed by atoms with Gasteiger partial charge in [0.1, 0.15) is 11.3 Å². The molecule has 4 heteroatoms. The van der Waals surface area contributed by atoms with E-state index < -0.39 is 0 Å². The van der Waals surface area contributed by atoms with Gasteiger partial charge in [0.15, 0.2) is 0 Å². The van der Waals surface area contributed by atoms with E-state index in [1.807, 2.05) is 16.8 Å². The van der Waals surface area contributed by atoms with Crippen molar-refractivity contribution in [1.29, 1.82) is 0 Å². The maximum atomic E-state index is 12.1. The second-order valence-electron chi connectivity index (χ2n) is 14.7. The molecule has 0 saturated heterocycles. The van der Waals surface area contributed by atoms with Gasteiger partial charge in [-0.1, -0.05) is 58.9 Å². The molecule has 1 heterocycles. The fraction of sp³-hybridized carbons (Fsp3) is 0.636. The third-order valence-electron chi connectivity index (χ3n) is 13.3. The first-order valence-corrected chi connectivity index (χ1v) is 14.6. The van der Waals surface area contributed by atoms with Crippen LogP contribution in [0.3, 0.4) is 0 Å². The molecule has 0 radical (unpaired) electrons. The molecule has 4 aliphatic carbocycles. The summed E-state index contributed by atoms with van der Waals surface area (Å²) in [4.78, 5) is 0. The van der Waals surface area contributed by atoms with Gasteiger partial charge in [-0.05, 0) is 125 Å². The highest BCUT2D eigenvalue weighted by Gasteiger charge is 2.63. The lowest BCUT2D eigenvalue weighted by Gasteiger charge is -2.42. The molecule has 1 N–H and O–H groups in total. The first-order valence-electron chi connectivity index (χ1n) is 14.6. The van der Waals surface area contributed by atoms with Crippen LogP contribution in [0.2, 0.25) is 0 Å². The standard InChI is InChI=1S/C33H43N3O/c1-30(2)21-11-13-32(30,5)25(17-21)23-15-20(19-36-28-10-8-7-9-27(28)34-35-36)16-24(29(23)37)26-18-22-12-14-33(26,6)31(22,3)4/h7-10,15-16,21-22,25-26,37H,11-14,17-19H2,1-6H3/t21-,22+,25+,26-,32+,33-. The van der Waals surface area contributed by atoms with Crippen LogP contribution in [0, 0.1) is 33.5 Å². The first-order chi connectivity index (χ1) is 17.5. The number of para-hydroxylation sites is 1. The summed E-state index contributed by atoms with van der Waals surface area (Å²) in [7, 11) is 0. The molecule has 0 unspecified atom stereocenters. The molecule has 0 amide bonds. The van der Waals surface area contributed by atoms with Gasteiger partial charge in [0, 0.05) is 0 Å². The van der Waals surface area contributed by atoms with Crippen molar-refractivity contribution in [2.24, 2.45) is 33.5 Å². The summed E-state index contributed by atoms with van der Waals surface area (Å²) in [6, 6.07) is 12.9. The summed E-state index contributed by atoms with van der Waals surface area (Å²) in [5.74, 6) is 2.91. The van der Waals surface area contributed by atoms with E-state index in [0.717, 1.165) is 22.9 Å². The SMILES string of the molecule is CC1(C)[C@@H]2CC[C@@]1(C)[C@H](c1cc(Cn3nnc4ccccc43)cc([C@H]3C[C@@H]4CC[C@@]3(C)C4(C)C)c1O)C2. The van der Waals surface area contributed by atoms with Crippen molar-refractivity contribution < 1.29 is 5.11 Å². The summed E-state index contributed by atoms with van der Waals surface area (Å²) in [6.07, 6.45) is 7.57. The van der Waals surface area contributed by atoms with Crippen molar-refractivity contribution in [1.82, 2.24) is 15.0 Å². The monoisotopic (exact) mass is 497 g/mol. The van der Waals surface area contributed by atoms with Crippen molar-refractivity contribution in [2.75, 3.05) is 0 Å². The number of phenolic OH excluding ortho intramolecular Hbond substituents is 1. The Hall–Kier alpha value is -2.36. The maximum absolute atomic E-state index is 12.1. The summed E-state index contributed by atoms with van der Waals surface area (Å²) in [5, 5.41) is 21.1. The number of benzene rings is 2. The van der Waals surface area contributed by atoms with Crippen LogP contribution in [0.5, 0.6) is 5.75 Å². The Morgan fingerprint density at radius 3 is 1.86 bits per heavy atom. The van der Waals surface area contributed by atoms with Gasteiger partial charge in [-0.2, -0.15) is 0 Å². The molecule has 4 fully saturated rings. The van der Waals surface area contributed by atoms with E-state index in [4.69, 9.17) is 0 Å². The van der Waals surface area contributed by atoms with Crippen LogP contribution in [-0.4, -0.2) is 20.1 Å². The van der Waals surface area contributed by atoms with E-state index in [1.54, 1.807) is 0 Å². The summed E-state index contributed by atoms with van der Waals surface area (Å²) < 4.78 is 2.04. The molecule has 7 rings (SSSR count). The van der Waals surface area contributed by atoms with Crippen LogP contribution in [0.25, 0.3) is 11.0 Å². The van der Waals surface area contributed by atoms with Gasteiger partial charge in [-0.3, -0.25) is 0 Å². The molecule has 4 nitrogen and oxygen atoms in total. The van der Waals surface area contributed by atoms with Crippen molar-refractivity contribution in [2.45, 2.75) is 98.4 Å². The lowest BCUT2D eigenvalue weighted by atomic mass is 9.63. The van der Waals surface area contributed by atoms with E-state index in [-0.39, 0.29) is 10.8 Å². The molecule has 0 spiro atoms. The van der Waals surface area contributed by atoms with Crippen molar-refractivity contribution in [3.8, 4) is 5.75 Å². The van der Waals surface area contributed by atoms with E-state index in [2.05, 4.69) is 76.1 Å². The van der Waals surface area contributed by atoms with E-state index in [1.165, 1.54) is 55.2 Å². The van der Waals surface area contributed by atoms with Gasteiger partial charge in [0.2, 0.25) is 0 Å². The van der Waals surface area contributed by atoms with Crippen molar-refractivity contribution >= 4 is 11.0 Å². The molecule has 196 valence electrons. The second-order valence-corrected chi connectivity index (χ2v) is 14.7. The molecule has 6 atom stereocenters. The average Bonchev–Trinajstić information content (AvgIpc) is 3.54. The van der Waals surface area contributed by atoms with Gasteiger partial charge in [-0.25, -0.2) is 4.68 Å². The Kier molecular flexibility index (Phi) is 4.74. The molecule has 4 aliphatic rings. The van der Waals surface area contributed by atoms with Crippen LogP contribution in [-0.2, 0) is 6.54 Å². The lowest BCUT2D eigenvalue weighted by molar-refractivity contribution is 0.130. The van der Waals surface area contributed by atoms with Gasteiger partial charge in [0.05, 0.1) is 12.1 Å². The number of hydrogen-bond donors (Lipinski definition) is 1. The van der Waals surface area contributed by atoms with E-state index in [0.29, 0.717) is 35.0 Å². The van der Waals surface area contributed by atoms with Gasteiger partial charge in [-0.15, -0.1) is 5.10 Å². The highest BCUT2D eigenvalue weighted by atomic mass is 16.3. The molecule has 3 aromatic rings.